The molecule has 0 saturated heterocycles. The third kappa shape index (κ3) is 2.11. The van der Waals surface area contributed by atoms with Crippen LogP contribution in [0.15, 0.2) is 18.3 Å². The molecule has 60 valence electrons. The van der Waals surface area contributed by atoms with Crippen LogP contribution in [0, 0.1) is 0 Å². The Kier molecular flexibility index (Phi) is 2.08. The number of hydrogen-bond donors (Lipinski definition) is 1. The van der Waals surface area contributed by atoms with Crippen LogP contribution in [0.4, 0.5) is 14.5 Å². The Morgan fingerprint density at radius 2 is 2.09 bits per heavy atom. The zero-order chi connectivity index (χ0) is 8.48. The molecule has 11 heavy (non-hydrogen) atoms. The molecule has 1 aromatic rings. The summed E-state index contributed by atoms with van der Waals surface area (Å²) in [5, 5.41) is 0. The normalized spacial score (nSPS) is 11.5. The third-order valence-corrected chi connectivity index (χ3v) is 1.48. The molecule has 0 unspecified atom stereocenters. The van der Waals surface area contributed by atoms with E-state index in [0.29, 0.717) is 5.69 Å². The molecule has 0 fully saturated rings. The van der Waals surface area contributed by atoms with Gasteiger partial charge in [0.1, 0.15) is 5.69 Å². The molecule has 5 heteroatoms. The Morgan fingerprint density at radius 1 is 1.45 bits per heavy atom. The summed E-state index contributed by atoms with van der Waals surface area (Å²) in [6.07, 6.45) is 1.19. The lowest BCUT2D eigenvalue weighted by atomic mass is 10.3. The van der Waals surface area contributed by atoms with Crippen molar-refractivity contribution >= 4 is 21.6 Å². The summed E-state index contributed by atoms with van der Waals surface area (Å²) in [4.78, 5) is 0.359. The first kappa shape index (κ1) is 8.39. The van der Waals surface area contributed by atoms with Crippen molar-refractivity contribution in [3.63, 3.8) is 0 Å². The van der Waals surface area contributed by atoms with Crippen molar-refractivity contribution < 1.29 is 8.78 Å². The van der Waals surface area contributed by atoms with Crippen LogP contribution < -0.4 is 5.73 Å². The Bertz CT molecular complexity index is 242. The molecule has 0 radical (unpaired) electrons. The zero-order valence-electron chi connectivity index (χ0n) is 5.39. The molecule has 1 rings (SSSR count). The van der Waals surface area contributed by atoms with E-state index < -0.39 is 4.83 Å². The molecule has 1 aromatic heterocycles. The molecule has 0 aromatic carbocycles. The molecule has 2 N–H and O–H groups in total. The number of pyridine rings is 1. The van der Waals surface area contributed by atoms with Crippen molar-refractivity contribution in [1.82, 2.24) is 4.98 Å². The van der Waals surface area contributed by atoms with Crippen LogP contribution in [0.2, 0.25) is 0 Å². The van der Waals surface area contributed by atoms with E-state index >= 15 is 0 Å². The minimum Gasteiger partial charge on any atom is -0.397 e. The number of halogens is 3. The number of aromatic nitrogens is 1. The first-order chi connectivity index (χ1) is 5.00. The summed E-state index contributed by atoms with van der Waals surface area (Å²) < 4.78 is 24.8. The molecule has 0 bridgehead atoms. The highest BCUT2D eigenvalue weighted by atomic mass is 79.9. The van der Waals surface area contributed by atoms with Crippen LogP contribution in [0.5, 0.6) is 0 Å². The van der Waals surface area contributed by atoms with Crippen LogP contribution in [-0.2, 0) is 4.83 Å². The predicted octanol–water partition coefficient (Wildman–Crippen LogP) is 2.11. The summed E-state index contributed by atoms with van der Waals surface area (Å²) in [5.74, 6) is 0. The van der Waals surface area contributed by atoms with Gasteiger partial charge >= 0.3 is 4.83 Å². The van der Waals surface area contributed by atoms with Crippen molar-refractivity contribution in [2.24, 2.45) is 0 Å². The molecule has 2 nitrogen and oxygen atoms in total. The average Bonchev–Trinajstić information content (AvgIpc) is 1.86. The topological polar surface area (TPSA) is 38.9 Å². The van der Waals surface area contributed by atoms with Gasteiger partial charge in [-0.15, -0.1) is 0 Å². The van der Waals surface area contributed by atoms with E-state index in [9.17, 15) is 8.78 Å². The van der Waals surface area contributed by atoms with Gasteiger partial charge in [-0.3, -0.25) is 4.98 Å². The minimum atomic E-state index is -3.07. The van der Waals surface area contributed by atoms with Crippen LogP contribution in [-0.4, -0.2) is 4.98 Å². The van der Waals surface area contributed by atoms with Gasteiger partial charge in [-0.25, -0.2) is 0 Å². The molecule has 0 spiro atoms. The molecular weight excluding hydrogens is 218 g/mol. The molecular formula is C6H5BrF2N2. The summed E-state index contributed by atoms with van der Waals surface area (Å²) >= 11 is 2.17. The third-order valence-electron chi connectivity index (χ3n) is 1.08. The maximum Gasteiger partial charge on any atom is 0.343 e. The fourth-order valence-corrected chi connectivity index (χ4v) is 0.808. The second kappa shape index (κ2) is 2.73. The highest BCUT2D eigenvalue weighted by Crippen LogP contribution is 2.32. The van der Waals surface area contributed by atoms with Crippen LogP contribution in [0.25, 0.3) is 0 Å². The number of rotatable bonds is 1. The van der Waals surface area contributed by atoms with Crippen molar-refractivity contribution in [1.29, 1.82) is 0 Å². The molecule has 0 aliphatic rings. The highest BCUT2D eigenvalue weighted by molar-refractivity contribution is 9.09. The van der Waals surface area contributed by atoms with E-state index in [4.69, 9.17) is 5.73 Å². The summed E-state index contributed by atoms with van der Waals surface area (Å²) in [7, 11) is 0. The van der Waals surface area contributed by atoms with Gasteiger partial charge in [-0.05, 0) is 28.1 Å². The van der Waals surface area contributed by atoms with Gasteiger partial charge < -0.3 is 5.73 Å². The van der Waals surface area contributed by atoms with Gasteiger partial charge in [0, 0.05) is 0 Å². The SMILES string of the molecule is Nc1ccc(C(F)(F)Br)nc1. The molecule has 1 heterocycles. The van der Waals surface area contributed by atoms with Crippen molar-refractivity contribution in [3.8, 4) is 0 Å². The molecule has 0 amide bonds. The number of anilines is 1. The molecule has 0 atom stereocenters. The highest BCUT2D eigenvalue weighted by Gasteiger charge is 2.28. The smallest absolute Gasteiger partial charge is 0.343 e. The summed E-state index contributed by atoms with van der Waals surface area (Å²) in [6.45, 7) is 0. The minimum absolute atomic E-state index is 0.341. The van der Waals surface area contributed by atoms with Gasteiger partial charge in [0.25, 0.3) is 0 Å². The quantitative estimate of drug-likeness (QED) is 0.740. The fraction of sp³-hybridized carbons (Fsp3) is 0.167. The van der Waals surface area contributed by atoms with E-state index in [-0.39, 0.29) is 5.69 Å². The van der Waals surface area contributed by atoms with Crippen LogP contribution >= 0.6 is 15.9 Å². The molecule has 0 aliphatic heterocycles. The van der Waals surface area contributed by atoms with E-state index in [1.807, 2.05) is 0 Å². The Labute approximate surface area is 70.6 Å². The van der Waals surface area contributed by atoms with Crippen molar-refractivity contribution in [2.75, 3.05) is 5.73 Å². The summed E-state index contributed by atoms with van der Waals surface area (Å²) in [5.41, 5.74) is 5.27. The number of nitrogens with zero attached hydrogens (tertiary/aromatic N) is 1. The zero-order valence-corrected chi connectivity index (χ0v) is 6.98. The Morgan fingerprint density at radius 3 is 2.45 bits per heavy atom. The monoisotopic (exact) mass is 222 g/mol. The van der Waals surface area contributed by atoms with Gasteiger partial charge in [-0.2, -0.15) is 8.78 Å². The van der Waals surface area contributed by atoms with Gasteiger partial charge in [0.2, 0.25) is 0 Å². The van der Waals surface area contributed by atoms with E-state index in [0.717, 1.165) is 0 Å². The second-order valence-corrected chi connectivity index (χ2v) is 2.97. The Hall–Kier alpha value is -0.710. The second-order valence-electron chi connectivity index (χ2n) is 1.97. The average molecular weight is 223 g/mol. The van der Waals surface area contributed by atoms with Gasteiger partial charge in [-0.1, -0.05) is 0 Å². The Balaban J connectivity index is 2.99. The van der Waals surface area contributed by atoms with E-state index in [1.54, 1.807) is 0 Å². The van der Waals surface area contributed by atoms with E-state index in [2.05, 4.69) is 20.9 Å². The fourth-order valence-electron chi connectivity index (χ4n) is 0.573. The van der Waals surface area contributed by atoms with Crippen LogP contribution in [0.3, 0.4) is 0 Å². The molecule has 0 aliphatic carbocycles. The lowest BCUT2D eigenvalue weighted by Gasteiger charge is -2.06. The number of alkyl halides is 3. The maximum atomic E-state index is 12.4. The first-order valence-electron chi connectivity index (χ1n) is 2.79. The standard InChI is InChI=1S/C6H5BrF2N2/c7-6(8,9)5-2-1-4(10)3-11-5/h1-3H,10H2. The maximum absolute atomic E-state index is 12.4. The predicted molar refractivity (Wildman–Crippen MR) is 41.5 cm³/mol. The number of hydrogen-bond acceptors (Lipinski definition) is 2. The summed E-state index contributed by atoms with van der Waals surface area (Å²) in [6, 6.07) is 2.54. The van der Waals surface area contributed by atoms with Gasteiger partial charge in [0.05, 0.1) is 11.9 Å². The lowest BCUT2D eigenvalue weighted by molar-refractivity contribution is 0.109. The first-order valence-corrected chi connectivity index (χ1v) is 3.58. The van der Waals surface area contributed by atoms with Crippen LogP contribution in [0.1, 0.15) is 5.69 Å². The molecule has 0 saturated carbocycles. The van der Waals surface area contributed by atoms with Gasteiger partial charge in [0.15, 0.2) is 0 Å². The largest absolute Gasteiger partial charge is 0.397 e. The van der Waals surface area contributed by atoms with Crippen molar-refractivity contribution in [2.45, 2.75) is 4.83 Å². The number of nitrogen functional groups attached to an aromatic ring is 1. The van der Waals surface area contributed by atoms with E-state index in [1.165, 1.54) is 18.3 Å². The van der Waals surface area contributed by atoms with Crippen molar-refractivity contribution in [3.05, 3.63) is 24.0 Å². The lowest BCUT2D eigenvalue weighted by Crippen LogP contribution is -2.05. The number of nitrogens with two attached hydrogens (primary N) is 1.